The number of hydrogen-bond acceptors (Lipinski definition) is 4. The molecule has 1 aliphatic heterocycles. The average Bonchev–Trinajstić information content (AvgIpc) is 2.32. The molecule has 0 bridgehead atoms. The minimum absolute atomic E-state index is 0.0829. The van der Waals surface area contributed by atoms with E-state index in [0.717, 1.165) is 16.1 Å². The van der Waals surface area contributed by atoms with Crippen LogP contribution in [0.1, 0.15) is 5.56 Å². The van der Waals surface area contributed by atoms with Gasteiger partial charge in [-0.2, -0.15) is 0 Å². The molecule has 0 atom stereocenters. The maximum Gasteiger partial charge on any atom is 0.237 e. The summed E-state index contributed by atoms with van der Waals surface area (Å²) in [7, 11) is 0. The third kappa shape index (κ3) is 2.42. The number of fused-ring (bicyclic) bond motifs is 1. The van der Waals surface area contributed by atoms with Crippen molar-refractivity contribution in [1.82, 2.24) is 0 Å². The maximum absolute atomic E-state index is 11.8. The Morgan fingerprint density at radius 3 is 2.88 bits per heavy atom. The molecule has 0 spiro atoms. The highest BCUT2D eigenvalue weighted by atomic mass is 32.2. The Balaban J connectivity index is 2.41. The molecule has 1 aromatic rings. The van der Waals surface area contributed by atoms with Crippen molar-refractivity contribution in [3.05, 3.63) is 23.8 Å². The zero-order chi connectivity index (χ0) is 12.4. The summed E-state index contributed by atoms with van der Waals surface area (Å²) in [5, 5.41) is 0. The van der Waals surface area contributed by atoms with Crippen LogP contribution in [-0.4, -0.2) is 24.1 Å². The Hall–Kier alpha value is -1.53. The number of benzene rings is 1. The first-order valence-corrected chi connectivity index (χ1v) is 6.15. The number of hydrogen-bond donors (Lipinski definition) is 2. The lowest BCUT2D eigenvalue weighted by atomic mass is 10.2. The van der Waals surface area contributed by atoms with E-state index in [-0.39, 0.29) is 12.5 Å². The van der Waals surface area contributed by atoms with Crippen molar-refractivity contribution < 1.29 is 9.59 Å². The molecule has 5 nitrogen and oxygen atoms in total. The van der Waals surface area contributed by atoms with Crippen molar-refractivity contribution in [1.29, 1.82) is 0 Å². The molecule has 1 aliphatic rings. The van der Waals surface area contributed by atoms with Gasteiger partial charge in [0.05, 0.1) is 11.4 Å². The van der Waals surface area contributed by atoms with Gasteiger partial charge in [0.2, 0.25) is 11.8 Å². The molecular weight excluding hydrogens is 238 g/mol. The molecule has 17 heavy (non-hydrogen) atoms. The standard InChI is InChI=1S/C11H13N3O2S/c12-4-7-1-2-9-8(3-7)14(5-10(13)15)11(16)6-17-9/h1-3H,4-6,12H2,(H2,13,15). The molecule has 0 unspecified atom stereocenters. The number of carbonyl (C=O) groups is 2. The summed E-state index contributed by atoms with van der Waals surface area (Å²) in [5.41, 5.74) is 12.4. The van der Waals surface area contributed by atoms with Crippen LogP contribution in [-0.2, 0) is 16.1 Å². The van der Waals surface area contributed by atoms with Gasteiger partial charge in [0.25, 0.3) is 0 Å². The minimum atomic E-state index is -0.519. The lowest BCUT2D eigenvalue weighted by Crippen LogP contribution is -2.41. The Labute approximate surface area is 103 Å². The first-order valence-electron chi connectivity index (χ1n) is 5.16. The molecule has 0 radical (unpaired) electrons. The quantitative estimate of drug-likeness (QED) is 0.795. The van der Waals surface area contributed by atoms with Gasteiger partial charge in [-0.15, -0.1) is 11.8 Å². The zero-order valence-corrected chi connectivity index (χ0v) is 10.00. The third-order valence-corrected chi connectivity index (χ3v) is 3.56. The molecule has 90 valence electrons. The van der Waals surface area contributed by atoms with Gasteiger partial charge in [-0.1, -0.05) is 6.07 Å². The summed E-state index contributed by atoms with van der Waals surface area (Å²) in [6, 6.07) is 5.68. The van der Waals surface area contributed by atoms with E-state index in [0.29, 0.717) is 12.3 Å². The first-order chi connectivity index (χ1) is 8.11. The van der Waals surface area contributed by atoms with Crippen LogP contribution in [0.3, 0.4) is 0 Å². The number of nitrogens with zero attached hydrogens (tertiary/aromatic N) is 1. The number of primary amides is 1. The van der Waals surface area contributed by atoms with Crippen LogP contribution in [0.5, 0.6) is 0 Å². The first kappa shape index (κ1) is 11.9. The Morgan fingerprint density at radius 2 is 2.24 bits per heavy atom. The van der Waals surface area contributed by atoms with E-state index in [1.54, 1.807) is 0 Å². The number of rotatable bonds is 3. The predicted octanol–water partition coefficient (Wildman–Crippen LogP) is 0.0693. The number of anilines is 1. The SMILES string of the molecule is NCc1ccc2c(c1)N(CC(N)=O)C(=O)CS2. The van der Waals surface area contributed by atoms with E-state index >= 15 is 0 Å². The summed E-state index contributed by atoms with van der Waals surface area (Å²) in [6.07, 6.45) is 0. The largest absolute Gasteiger partial charge is 0.368 e. The van der Waals surface area contributed by atoms with Crippen molar-refractivity contribution >= 4 is 29.3 Å². The van der Waals surface area contributed by atoms with Crippen LogP contribution in [0.25, 0.3) is 0 Å². The number of nitrogens with two attached hydrogens (primary N) is 2. The molecule has 0 saturated heterocycles. The molecule has 1 heterocycles. The fraction of sp³-hybridized carbons (Fsp3) is 0.273. The topological polar surface area (TPSA) is 89.4 Å². The van der Waals surface area contributed by atoms with Gasteiger partial charge in [-0.3, -0.25) is 9.59 Å². The van der Waals surface area contributed by atoms with Crippen LogP contribution >= 0.6 is 11.8 Å². The number of amides is 2. The molecule has 0 aliphatic carbocycles. The van der Waals surface area contributed by atoms with Crippen molar-refractivity contribution in [3.8, 4) is 0 Å². The third-order valence-electron chi connectivity index (χ3n) is 2.52. The van der Waals surface area contributed by atoms with E-state index in [1.807, 2.05) is 18.2 Å². The summed E-state index contributed by atoms with van der Waals surface area (Å²) in [5.74, 6) is -0.285. The maximum atomic E-state index is 11.8. The predicted molar refractivity (Wildman–Crippen MR) is 66.6 cm³/mol. The van der Waals surface area contributed by atoms with E-state index in [9.17, 15) is 9.59 Å². The van der Waals surface area contributed by atoms with Crippen molar-refractivity contribution in [3.63, 3.8) is 0 Å². The normalized spacial score (nSPS) is 14.6. The molecule has 4 N–H and O–H groups in total. The van der Waals surface area contributed by atoms with Gasteiger partial charge < -0.3 is 16.4 Å². The highest BCUT2D eigenvalue weighted by Crippen LogP contribution is 2.35. The van der Waals surface area contributed by atoms with Crippen molar-refractivity contribution in [2.75, 3.05) is 17.2 Å². The second-order valence-corrected chi connectivity index (χ2v) is 4.76. The zero-order valence-electron chi connectivity index (χ0n) is 9.18. The van der Waals surface area contributed by atoms with Gasteiger partial charge in [0.1, 0.15) is 6.54 Å². The monoisotopic (exact) mass is 251 g/mol. The van der Waals surface area contributed by atoms with Crippen LogP contribution < -0.4 is 16.4 Å². The number of carbonyl (C=O) groups excluding carboxylic acids is 2. The van der Waals surface area contributed by atoms with E-state index in [2.05, 4.69) is 0 Å². The van der Waals surface area contributed by atoms with Crippen LogP contribution in [0.2, 0.25) is 0 Å². The molecule has 0 aromatic heterocycles. The molecule has 2 amide bonds. The molecule has 6 heteroatoms. The fourth-order valence-electron chi connectivity index (χ4n) is 1.70. The molecule has 1 aromatic carbocycles. The van der Waals surface area contributed by atoms with E-state index in [4.69, 9.17) is 11.5 Å². The summed E-state index contributed by atoms with van der Waals surface area (Å²) < 4.78 is 0. The molecule has 2 rings (SSSR count). The molecule has 0 saturated carbocycles. The van der Waals surface area contributed by atoms with Crippen LogP contribution in [0.15, 0.2) is 23.1 Å². The second-order valence-electron chi connectivity index (χ2n) is 3.74. The van der Waals surface area contributed by atoms with Gasteiger partial charge in [-0.25, -0.2) is 0 Å². The van der Waals surface area contributed by atoms with Crippen molar-refractivity contribution in [2.45, 2.75) is 11.4 Å². The van der Waals surface area contributed by atoms with Gasteiger partial charge in [0.15, 0.2) is 0 Å². The smallest absolute Gasteiger partial charge is 0.237 e. The van der Waals surface area contributed by atoms with Crippen LogP contribution in [0.4, 0.5) is 5.69 Å². The van der Waals surface area contributed by atoms with Crippen LogP contribution in [0, 0.1) is 0 Å². The van der Waals surface area contributed by atoms with Gasteiger partial charge in [0, 0.05) is 11.4 Å². The average molecular weight is 251 g/mol. The fourth-order valence-corrected chi connectivity index (χ4v) is 2.62. The van der Waals surface area contributed by atoms with Gasteiger partial charge >= 0.3 is 0 Å². The van der Waals surface area contributed by atoms with E-state index < -0.39 is 5.91 Å². The molecular formula is C11H13N3O2S. The highest BCUT2D eigenvalue weighted by molar-refractivity contribution is 8.00. The highest BCUT2D eigenvalue weighted by Gasteiger charge is 2.25. The number of thioether (sulfide) groups is 1. The Bertz CT molecular complexity index is 476. The van der Waals surface area contributed by atoms with Crippen molar-refractivity contribution in [2.24, 2.45) is 11.5 Å². The van der Waals surface area contributed by atoms with E-state index in [1.165, 1.54) is 16.7 Å². The van der Waals surface area contributed by atoms with Gasteiger partial charge in [-0.05, 0) is 17.7 Å². The summed E-state index contributed by atoms with van der Waals surface area (Å²) in [4.78, 5) is 25.1. The lowest BCUT2D eigenvalue weighted by Gasteiger charge is -2.28. The second kappa shape index (κ2) is 4.77. The lowest BCUT2D eigenvalue weighted by molar-refractivity contribution is -0.121. The summed E-state index contributed by atoms with van der Waals surface area (Å²) in [6.45, 7) is 0.316. The minimum Gasteiger partial charge on any atom is -0.368 e. The summed E-state index contributed by atoms with van der Waals surface area (Å²) >= 11 is 1.46. The Morgan fingerprint density at radius 1 is 1.47 bits per heavy atom. The Kier molecular flexibility index (Phi) is 3.35. The molecule has 0 fully saturated rings.